The second-order valence-electron chi connectivity index (χ2n) is 6.36. The minimum atomic E-state index is -4.50. The van der Waals surface area contributed by atoms with Gasteiger partial charge in [0, 0.05) is 29.4 Å². The molecule has 1 saturated heterocycles. The molecule has 0 unspecified atom stereocenters. The molecule has 1 fully saturated rings. The van der Waals surface area contributed by atoms with E-state index in [2.05, 4.69) is 5.32 Å². The van der Waals surface area contributed by atoms with E-state index in [9.17, 15) is 22.8 Å². The highest BCUT2D eigenvalue weighted by molar-refractivity contribution is 6.31. The molecule has 0 spiro atoms. The molecule has 0 saturated carbocycles. The molecule has 2 aromatic rings. The van der Waals surface area contributed by atoms with Crippen LogP contribution in [0.4, 0.5) is 24.5 Å². The normalized spacial score (nSPS) is 17.3. The molecule has 142 valence electrons. The number of carbonyl (C=O) groups excluding carboxylic acids is 2. The number of anilines is 2. The minimum Gasteiger partial charge on any atom is -0.326 e. The Morgan fingerprint density at radius 3 is 2.63 bits per heavy atom. The molecular weight excluding hydrogens is 381 g/mol. The maximum atomic E-state index is 12.8. The van der Waals surface area contributed by atoms with Crippen LogP contribution in [-0.4, -0.2) is 18.4 Å². The third kappa shape index (κ3) is 4.08. The molecule has 4 nitrogen and oxygen atoms in total. The number of nitrogens with one attached hydrogen (secondary N) is 1. The Labute approximate surface area is 158 Å². The summed E-state index contributed by atoms with van der Waals surface area (Å²) in [5.74, 6) is -1.39. The van der Waals surface area contributed by atoms with E-state index in [1.807, 2.05) is 0 Å². The zero-order chi connectivity index (χ0) is 19.8. The molecule has 1 aliphatic rings. The zero-order valence-corrected chi connectivity index (χ0v) is 15.1. The Kier molecular flexibility index (Phi) is 5.15. The van der Waals surface area contributed by atoms with E-state index in [4.69, 9.17) is 11.6 Å². The van der Waals surface area contributed by atoms with Crippen LogP contribution in [0.3, 0.4) is 0 Å². The van der Waals surface area contributed by atoms with Gasteiger partial charge in [0.05, 0.1) is 11.5 Å². The van der Waals surface area contributed by atoms with Gasteiger partial charge in [-0.05, 0) is 42.8 Å². The molecule has 2 aromatic carbocycles. The van der Waals surface area contributed by atoms with Gasteiger partial charge in [-0.1, -0.05) is 23.7 Å². The second-order valence-corrected chi connectivity index (χ2v) is 6.76. The molecule has 1 aliphatic heterocycles. The maximum Gasteiger partial charge on any atom is 0.416 e. The van der Waals surface area contributed by atoms with Gasteiger partial charge in [0.2, 0.25) is 11.8 Å². The van der Waals surface area contributed by atoms with Gasteiger partial charge in [-0.2, -0.15) is 13.2 Å². The van der Waals surface area contributed by atoms with Crippen LogP contribution in [0.15, 0.2) is 42.5 Å². The number of benzene rings is 2. The van der Waals surface area contributed by atoms with E-state index < -0.39 is 23.6 Å². The molecule has 2 amide bonds. The summed E-state index contributed by atoms with van der Waals surface area (Å²) in [6.07, 6.45) is -4.51. The van der Waals surface area contributed by atoms with E-state index in [1.54, 1.807) is 25.1 Å². The van der Waals surface area contributed by atoms with Crippen LogP contribution in [0.1, 0.15) is 17.5 Å². The van der Waals surface area contributed by atoms with E-state index in [-0.39, 0.29) is 24.6 Å². The minimum absolute atomic E-state index is 0.0171. The Balaban J connectivity index is 1.74. The first-order chi connectivity index (χ1) is 12.7. The van der Waals surface area contributed by atoms with E-state index in [0.717, 1.165) is 17.7 Å². The molecule has 1 N–H and O–H groups in total. The highest BCUT2D eigenvalue weighted by Crippen LogP contribution is 2.33. The van der Waals surface area contributed by atoms with Gasteiger partial charge < -0.3 is 10.2 Å². The van der Waals surface area contributed by atoms with E-state index in [1.165, 1.54) is 17.0 Å². The van der Waals surface area contributed by atoms with Crippen molar-refractivity contribution in [2.45, 2.75) is 19.5 Å². The summed E-state index contributed by atoms with van der Waals surface area (Å²) < 4.78 is 38.4. The molecule has 0 aliphatic carbocycles. The van der Waals surface area contributed by atoms with Crippen LogP contribution < -0.4 is 10.2 Å². The van der Waals surface area contributed by atoms with E-state index >= 15 is 0 Å². The van der Waals surface area contributed by atoms with Crippen molar-refractivity contribution in [2.75, 3.05) is 16.8 Å². The van der Waals surface area contributed by atoms with Crippen LogP contribution >= 0.6 is 11.6 Å². The summed E-state index contributed by atoms with van der Waals surface area (Å²) in [5, 5.41) is 2.98. The summed E-state index contributed by atoms with van der Waals surface area (Å²) in [5.41, 5.74) is 0.548. The van der Waals surface area contributed by atoms with Crippen molar-refractivity contribution in [3.8, 4) is 0 Å². The standard InChI is InChI=1S/C19H16ClF3N2O2/c1-11-15(20)6-3-7-16(11)25-10-12(8-17(25)26)18(27)24-14-5-2-4-13(9-14)19(21,22)23/h2-7,9,12H,8,10H2,1H3,(H,24,27)/t12-/m1/s1. The molecule has 0 bridgehead atoms. The lowest BCUT2D eigenvalue weighted by atomic mass is 10.1. The summed E-state index contributed by atoms with van der Waals surface area (Å²) in [6.45, 7) is 1.92. The second kappa shape index (κ2) is 7.23. The van der Waals surface area contributed by atoms with Crippen LogP contribution in [0.5, 0.6) is 0 Å². The van der Waals surface area contributed by atoms with Crippen molar-refractivity contribution >= 4 is 34.8 Å². The summed E-state index contributed by atoms with van der Waals surface area (Å²) in [4.78, 5) is 26.3. The predicted molar refractivity (Wildman–Crippen MR) is 96.7 cm³/mol. The first-order valence-electron chi connectivity index (χ1n) is 8.20. The lowest BCUT2D eigenvalue weighted by molar-refractivity contribution is -0.137. The van der Waals surface area contributed by atoms with Crippen LogP contribution in [-0.2, 0) is 15.8 Å². The Morgan fingerprint density at radius 2 is 1.93 bits per heavy atom. The fourth-order valence-electron chi connectivity index (χ4n) is 3.02. The smallest absolute Gasteiger partial charge is 0.326 e. The highest BCUT2D eigenvalue weighted by Gasteiger charge is 2.36. The molecule has 3 rings (SSSR count). The number of alkyl halides is 3. The largest absolute Gasteiger partial charge is 0.416 e. The van der Waals surface area contributed by atoms with Crippen molar-refractivity contribution in [3.05, 3.63) is 58.6 Å². The fourth-order valence-corrected chi connectivity index (χ4v) is 3.19. The first-order valence-corrected chi connectivity index (χ1v) is 8.58. The average molecular weight is 397 g/mol. The number of amides is 2. The van der Waals surface area contributed by atoms with Crippen LogP contribution in [0.25, 0.3) is 0 Å². The van der Waals surface area contributed by atoms with E-state index in [0.29, 0.717) is 10.7 Å². The lowest BCUT2D eigenvalue weighted by Gasteiger charge is -2.19. The third-order valence-corrected chi connectivity index (χ3v) is 4.89. The van der Waals surface area contributed by atoms with Crippen molar-refractivity contribution in [1.82, 2.24) is 0 Å². The molecule has 8 heteroatoms. The Hall–Kier alpha value is -2.54. The molecule has 1 atom stereocenters. The molecule has 1 heterocycles. The van der Waals surface area contributed by atoms with Gasteiger partial charge in [0.25, 0.3) is 0 Å². The van der Waals surface area contributed by atoms with Crippen molar-refractivity contribution < 1.29 is 22.8 Å². The highest BCUT2D eigenvalue weighted by atomic mass is 35.5. The van der Waals surface area contributed by atoms with Crippen molar-refractivity contribution in [1.29, 1.82) is 0 Å². The molecular formula is C19H16ClF3N2O2. The lowest BCUT2D eigenvalue weighted by Crippen LogP contribution is -2.28. The molecule has 0 radical (unpaired) electrons. The predicted octanol–water partition coefficient (Wildman–Crippen LogP) is 4.66. The Morgan fingerprint density at radius 1 is 1.22 bits per heavy atom. The Bertz CT molecular complexity index is 899. The number of hydrogen-bond acceptors (Lipinski definition) is 2. The van der Waals surface area contributed by atoms with Gasteiger partial charge in [-0.25, -0.2) is 0 Å². The number of carbonyl (C=O) groups is 2. The fraction of sp³-hybridized carbons (Fsp3) is 0.263. The number of halogens is 4. The average Bonchev–Trinajstić information content (AvgIpc) is 2.99. The van der Waals surface area contributed by atoms with Gasteiger partial charge in [-0.15, -0.1) is 0 Å². The van der Waals surface area contributed by atoms with Gasteiger partial charge >= 0.3 is 6.18 Å². The van der Waals surface area contributed by atoms with Crippen molar-refractivity contribution in [2.24, 2.45) is 5.92 Å². The summed E-state index contributed by atoms with van der Waals surface area (Å²) in [6, 6.07) is 9.56. The number of hydrogen-bond donors (Lipinski definition) is 1. The SMILES string of the molecule is Cc1c(Cl)cccc1N1C[C@H](C(=O)Nc2cccc(C(F)(F)F)c2)CC1=O. The van der Waals surface area contributed by atoms with Gasteiger partial charge in [0.15, 0.2) is 0 Å². The third-order valence-electron chi connectivity index (χ3n) is 4.48. The quantitative estimate of drug-likeness (QED) is 0.820. The van der Waals surface area contributed by atoms with Crippen LogP contribution in [0, 0.1) is 12.8 Å². The van der Waals surface area contributed by atoms with Gasteiger partial charge in [0.1, 0.15) is 0 Å². The zero-order valence-electron chi connectivity index (χ0n) is 14.3. The number of rotatable bonds is 3. The monoisotopic (exact) mass is 396 g/mol. The van der Waals surface area contributed by atoms with Crippen molar-refractivity contribution in [3.63, 3.8) is 0 Å². The first kappa shape index (κ1) is 19.2. The molecule has 0 aromatic heterocycles. The van der Waals surface area contributed by atoms with Crippen LogP contribution in [0.2, 0.25) is 5.02 Å². The summed E-state index contributed by atoms with van der Waals surface area (Å²) in [7, 11) is 0. The maximum absolute atomic E-state index is 12.8. The van der Waals surface area contributed by atoms with Gasteiger partial charge in [-0.3, -0.25) is 9.59 Å². The number of nitrogens with zero attached hydrogens (tertiary/aromatic N) is 1. The summed E-state index contributed by atoms with van der Waals surface area (Å²) >= 11 is 6.09. The topological polar surface area (TPSA) is 49.4 Å². The molecule has 27 heavy (non-hydrogen) atoms.